The zero-order valence-corrected chi connectivity index (χ0v) is 11.6. The van der Waals surface area contributed by atoms with Crippen LogP contribution in [0.3, 0.4) is 0 Å². The van der Waals surface area contributed by atoms with Crippen molar-refractivity contribution in [1.29, 1.82) is 0 Å². The molecule has 5 nitrogen and oxygen atoms in total. The lowest BCUT2D eigenvalue weighted by molar-refractivity contribution is 0.0403. The van der Waals surface area contributed by atoms with E-state index in [9.17, 15) is 5.11 Å². The zero-order chi connectivity index (χ0) is 13.2. The van der Waals surface area contributed by atoms with Crippen molar-refractivity contribution in [3.05, 3.63) is 23.4 Å². The molecular weight excluding hydrogens is 250 g/mol. The monoisotopic (exact) mass is 267 g/mol. The minimum Gasteiger partial charge on any atom is -0.419 e. The molecule has 18 heavy (non-hydrogen) atoms. The van der Waals surface area contributed by atoms with E-state index in [0.29, 0.717) is 24.9 Å². The molecule has 0 saturated heterocycles. The van der Waals surface area contributed by atoms with Crippen molar-refractivity contribution in [3.63, 3.8) is 0 Å². The van der Waals surface area contributed by atoms with Crippen molar-refractivity contribution in [1.82, 2.24) is 15.1 Å². The third kappa shape index (κ3) is 3.63. The van der Waals surface area contributed by atoms with Crippen LogP contribution in [-0.2, 0) is 6.54 Å². The summed E-state index contributed by atoms with van der Waals surface area (Å²) < 4.78 is 5.58. The van der Waals surface area contributed by atoms with Gasteiger partial charge in [0.1, 0.15) is 0 Å². The van der Waals surface area contributed by atoms with E-state index in [1.54, 1.807) is 25.2 Å². The summed E-state index contributed by atoms with van der Waals surface area (Å²) >= 11 is 1.57. The second kappa shape index (κ2) is 5.17. The number of hydrogen-bond donors (Lipinski definition) is 1. The number of hydrogen-bond acceptors (Lipinski definition) is 6. The average Bonchev–Trinajstić information content (AvgIpc) is 2.82. The molecule has 2 aromatic heterocycles. The van der Waals surface area contributed by atoms with Crippen molar-refractivity contribution in [2.75, 3.05) is 13.6 Å². The standard InChI is InChI=1S/C12H17N3O2S/c1-12(2,16)8-15(3)7-10-13-14-11(17-10)9-5-4-6-18-9/h4-6,16H,7-8H2,1-3H3. The van der Waals surface area contributed by atoms with E-state index >= 15 is 0 Å². The molecule has 98 valence electrons. The van der Waals surface area contributed by atoms with Gasteiger partial charge in [0.25, 0.3) is 5.89 Å². The van der Waals surface area contributed by atoms with E-state index in [1.165, 1.54) is 0 Å². The molecular formula is C12H17N3O2S. The number of rotatable bonds is 5. The third-order valence-electron chi connectivity index (χ3n) is 2.26. The maximum atomic E-state index is 9.71. The summed E-state index contributed by atoms with van der Waals surface area (Å²) in [6, 6.07) is 3.90. The zero-order valence-electron chi connectivity index (χ0n) is 10.8. The van der Waals surface area contributed by atoms with Crippen LogP contribution in [0.25, 0.3) is 10.8 Å². The Morgan fingerprint density at radius 2 is 2.22 bits per heavy atom. The van der Waals surface area contributed by atoms with Gasteiger partial charge in [-0.1, -0.05) is 6.07 Å². The molecule has 0 fully saturated rings. The SMILES string of the molecule is CN(Cc1nnc(-c2cccs2)o1)CC(C)(C)O. The number of nitrogens with zero attached hydrogens (tertiary/aromatic N) is 3. The van der Waals surface area contributed by atoms with Crippen molar-refractivity contribution < 1.29 is 9.52 Å². The first-order valence-corrected chi connectivity index (χ1v) is 6.59. The van der Waals surface area contributed by atoms with E-state index in [2.05, 4.69) is 10.2 Å². The van der Waals surface area contributed by atoms with Gasteiger partial charge >= 0.3 is 0 Å². The Balaban J connectivity index is 1.99. The molecule has 0 aliphatic rings. The summed E-state index contributed by atoms with van der Waals surface area (Å²) in [6.45, 7) is 4.62. The molecule has 0 aromatic carbocycles. The van der Waals surface area contributed by atoms with Crippen LogP contribution in [0, 0.1) is 0 Å². The summed E-state index contributed by atoms with van der Waals surface area (Å²) in [6.07, 6.45) is 0. The second-order valence-corrected chi connectivity index (χ2v) is 5.91. The number of aliphatic hydroxyl groups is 1. The molecule has 0 atom stereocenters. The Labute approximate surface area is 110 Å². The fourth-order valence-electron chi connectivity index (χ4n) is 1.76. The van der Waals surface area contributed by atoms with Crippen LogP contribution >= 0.6 is 11.3 Å². The molecule has 0 bridgehead atoms. The van der Waals surface area contributed by atoms with E-state index in [4.69, 9.17) is 4.42 Å². The maximum Gasteiger partial charge on any atom is 0.257 e. The van der Waals surface area contributed by atoms with E-state index in [0.717, 1.165) is 4.88 Å². The number of thiophene rings is 1. The summed E-state index contributed by atoms with van der Waals surface area (Å²) in [5.41, 5.74) is -0.731. The van der Waals surface area contributed by atoms with Crippen LogP contribution in [0.5, 0.6) is 0 Å². The average molecular weight is 267 g/mol. The summed E-state index contributed by atoms with van der Waals surface area (Å²) in [7, 11) is 1.91. The lowest BCUT2D eigenvalue weighted by atomic mass is 10.1. The van der Waals surface area contributed by atoms with Crippen molar-refractivity contribution >= 4 is 11.3 Å². The van der Waals surface area contributed by atoms with Crippen LogP contribution in [0.1, 0.15) is 19.7 Å². The van der Waals surface area contributed by atoms with Gasteiger partial charge in [-0.3, -0.25) is 4.90 Å². The molecule has 0 saturated carbocycles. The van der Waals surface area contributed by atoms with Gasteiger partial charge in [0, 0.05) is 6.54 Å². The Morgan fingerprint density at radius 3 is 2.83 bits per heavy atom. The quantitative estimate of drug-likeness (QED) is 0.897. The lowest BCUT2D eigenvalue weighted by Crippen LogP contribution is -2.35. The van der Waals surface area contributed by atoms with Gasteiger partial charge in [-0.15, -0.1) is 21.5 Å². The lowest BCUT2D eigenvalue weighted by Gasteiger charge is -2.23. The van der Waals surface area contributed by atoms with E-state index < -0.39 is 5.60 Å². The Kier molecular flexibility index (Phi) is 3.79. The first-order chi connectivity index (χ1) is 8.44. The van der Waals surface area contributed by atoms with Crippen LogP contribution in [0.15, 0.2) is 21.9 Å². The topological polar surface area (TPSA) is 62.4 Å². The molecule has 0 spiro atoms. The number of likely N-dealkylation sites (N-methyl/N-ethyl adjacent to an activating group) is 1. The summed E-state index contributed by atoms with van der Waals surface area (Å²) in [5, 5.41) is 19.7. The summed E-state index contributed by atoms with van der Waals surface area (Å²) in [4.78, 5) is 2.92. The highest BCUT2D eigenvalue weighted by Crippen LogP contribution is 2.23. The first-order valence-electron chi connectivity index (χ1n) is 5.71. The minimum atomic E-state index is -0.731. The molecule has 0 amide bonds. The van der Waals surface area contributed by atoms with E-state index in [1.807, 2.05) is 29.5 Å². The number of aromatic nitrogens is 2. The maximum absolute atomic E-state index is 9.71. The predicted molar refractivity (Wildman–Crippen MR) is 70.2 cm³/mol. The van der Waals surface area contributed by atoms with Crippen molar-refractivity contribution in [2.24, 2.45) is 0 Å². The molecule has 0 aliphatic heterocycles. The van der Waals surface area contributed by atoms with Gasteiger partial charge in [-0.25, -0.2) is 0 Å². The molecule has 2 aromatic rings. The van der Waals surface area contributed by atoms with Gasteiger partial charge in [0.15, 0.2) is 0 Å². The Hall–Kier alpha value is -1.24. The van der Waals surface area contributed by atoms with Crippen molar-refractivity contribution in [3.8, 4) is 10.8 Å². The van der Waals surface area contributed by atoms with Gasteiger partial charge in [0.05, 0.1) is 17.0 Å². The van der Waals surface area contributed by atoms with Crippen LogP contribution in [0.4, 0.5) is 0 Å². The van der Waals surface area contributed by atoms with Crippen LogP contribution < -0.4 is 0 Å². The largest absolute Gasteiger partial charge is 0.419 e. The molecule has 1 N–H and O–H groups in total. The first kappa shape index (κ1) is 13.2. The normalized spacial score (nSPS) is 12.3. The Bertz CT molecular complexity index is 488. The third-order valence-corrected chi connectivity index (χ3v) is 3.12. The second-order valence-electron chi connectivity index (χ2n) is 4.96. The van der Waals surface area contributed by atoms with Gasteiger partial charge < -0.3 is 9.52 Å². The van der Waals surface area contributed by atoms with Gasteiger partial charge in [0.2, 0.25) is 5.89 Å². The minimum absolute atomic E-state index is 0.530. The molecule has 6 heteroatoms. The highest BCUT2D eigenvalue weighted by Gasteiger charge is 2.17. The molecule has 0 aliphatic carbocycles. The van der Waals surface area contributed by atoms with Crippen molar-refractivity contribution in [2.45, 2.75) is 26.0 Å². The molecule has 2 rings (SSSR count). The van der Waals surface area contributed by atoms with Crippen LogP contribution in [-0.4, -0.2) is 39.4 Å². The highest BCUT2D eigenvalue weighted by atomic mass is 32.1. The summed E-state index contributed by atoms with van der Waals surface area (Å²) in [5.74, 6) is 1.11. The predicted octanol–water partition coefficient (Wildman–Crippen LogP) is 2.00. The fraction of sp³-hybridized carbons (Fsp3) is 0.500. The fourth-order valence-corrected chi connectivity index (χ4v) is 2.41. The Morgan fingerprint density at radius 1 is 1.44 bits per heavy atom. The van der Waals surface area contributed by atoms with Crippen LogP contribution in [0.2, 0.25) is 0 Å². The highest BCUT2D eigenvalue weighted by molar-refractivity contribution is 7.13. The van der Waals surface area contributed by atoms with Gasteiger partial charge in [-0.05, 0) is 32.3 Å². The molecule has 0 unspecified atom stereocenters. The van der Waals surface area contributed by atoms with Gasteiger partial charge in [-0.2, -0.15) is 0 Å². The molecule has 2 heterocycles. The van der Waals surface area contributed by atoms with E-state index in [-0.39, 0.29) is 0 Å². The smallest absolute Gasteiger partial charge is 0.257 e. The molecule has 0 radical (unpaired) electrons.